The maximum absolute atomic E-state index is 12.8. The number of ether oxygens (including phenoxy) is 1. The number of amides is 2. The third kappa shape index (κ3) is 3.94. The number of nitrogens with one attached hydrogen (secondary N) is 1. The molecule has 0 radical (unpaired) electrons. The summed E-state index contributed by atoms with van der Waals surface area (Å²) in [7, 11) is 1.31. The Hall–Kier alpha value is -3.53. The summed E-state index contributed by atoms with van der Waals surface area (Å²) >= 11 is 1.33. The lowest BCUT2D eigenvalue weighted by atomic mass is 10.1. The van der Waals surface area contributed by atoms with Crippen LogP contribution in [0.25, 0.3) is 0 Å². The number of nitrogens with zero attached hydrogens (tertiary/aromatic N) is 3. The first-order valence-corrected chi connectivity index (χ1v) is 9.97. The molecule has 0 saturated heterocycles. The SMILES string of the molecule is COC(=O)c1ccc(C(=O)N2CCc3nc(NC(=O)c4cc(C)on4)sc3C2)cc1. The van der Waals surface area contributed by atoms with Gasteiger partial charge in [-0.25, -0.2) is 9.78 Å². The molecule has 10 heteroatoms. The minimum Gasteiger partial charge on any atom is -0.465 e. The topological polar surface area (TPSA) is 115 Å². The summed E-state index contributed by atoms with van der Waals surface area (Å²) in [5, 5.41) is 6.88. The van der Waals surface area contributed by atoms with Gasteiger partial charge in [-0.05, 0) is 31.2 Å². The van der Waals surface area contributed by atoms with Crippen molar-refractivity contribution < 1.29 is 23.6 Å². The van der Waals surface area contributed by atoms with E-state index in [1.54, 1.807) is 42.2 Å². The molecular weight excluding hydrogens is 408 g/mol. The fourth-order valence-corrected chi connectivity index (χ4v) is 4.13. The molecule has 0 atom stereocenters. The number of thiazole rings is 1. The molecule has 1 N–H and O–H groups in total. The standard InChI is InChI=1S/C20H18N4O5S/c1-11-9-15(23-29-11)17(25)22-20-21-14-7-8-24(10-16(14)30-20)18(26)12-3-5-13(6-4-12)19(27)28-2/h3-6,9H,7-8,10H2,1-2H3,(H,21,22,25). The van der Waals surface area contributed by atoms with Crippen molar-refractivity contribution in [1.29, 1.82) is 0 Å². The van der Waals surface area contributed by atoms with Crippen LogP contribution in [0.5, 0.6) is 0 Å². The molecule has 1 aliphatic heterocycles. The summed E-state index contributed by atoms with van der Waals surface area (Å²) in [4.78, 5) is 43.7. The largest absolute Gasteiger partial charge is 0.465 e. The molecule has 154 valence electrons. The predicted octanol–water partition coefficient (Wildman–Crippen LogP) is 2.68. The van der Waals surface area contributed by atoms with Gasteiger partial charge in [-0.15, -0.1) is 0 Å². The molecule has 2 amide bonds. The Bertz CT molecular complexity index is 1120. The van der Waals surface area contributed by atoms with Crippen LogP contribution < -0.4 is 5.32 Å². The van der Waals surface area contributed by atoms with Gasteiger partial charge in [0.25, 0.3) is 11.8 Å². The molecule has 0 spiro atoms. The van der Waals surface area contributed by atoms with Gasteiger partial charge >= 0.3 is 5.97 Å². The highest BCUT2D eigenvalue weighted by Crippen LogP contribution is 2.29. The molecule has 1 aromatic carbocycles. The van der Waals surface area contributed by atoms with Crippen molar-refractivity contribution in [2.75, 3.05) is 19.0 Å². The lowest BCUT2D eigenvalue weighted by Crippen LogP contribution is -2.35. The highest BCUT2D eigenvalue weighted by atomic mass is 32.1. The fourth-order valence-electron chi connectivity index (χ4n) is 3.11. The molecular formula is C20H18N4O5S. The number of hydrogen-bond acceptors (Lipinski definition) is 8. The first kappa shape index (κ1) is 19.8. The van der Waals surface area contributed by atoms with E-state index in [2.05, 4.69) is 20.2 Å². The van der Waals surface area contributed by atoms with Crippen LogP contribution in [0.15, 0.2) is 34.9 Å². The van der Waals surface area contributed by atoms with E-state index in [1.165, 1.54) is 18.4 Å². The van der Waals surface area contributed by atoms with Gasteiger partial charge in [-0.1, -0.05) is 16.5 Å². The Labute approximate surface area is 175 Å². The van der Waals surface area contributed by atoms with Crippen LogP contribution in [0.4, 0.5) is 5.13 Å². The van der Waals surface area contributed by atoms with Crippen LogP contribution in [0, 0.1) is 6.92 Å². The second-order valence-corrected chi connectivity index (χ2v) is 7.80. The minimum absolute atomic E-state index is 0.130. The normalized spacial score (nSPS) is 12.9. The van der Waals surface area contributed by atoms with E-state index in [4.69, 9.17) is 4.52 Å². The Morgan fingerprint density at radius 2 is 1.93 bits per heavy atom. The zero-order valence-corrected chi connectivity index (χ0v) is 17.1. The lowest BCUT2D eigenvalue weighted by Gasteiger charge is -2.26. The quantitative estimate of drug-likeness (QED) is 0.638. The number of fused-ring (bicyclic) bond motifs is 1. The average molecular weight is 426 g/mol. The first-order chi connectivity index (χ1) is 14.4. The molecule has 30 heavy (non-hydrogen) atoms. The number of carbonyl (C=O) groups is 3. The van der Waals surface area contributed by atoms with Gasteiger partial charge in [-0.3, -0.25) is 14.9 Å². The van der Waals surface area contributed by atoms with E-state index < -0.39 is 11.9 Å². The highest BCUT2D eigenvalue weighted by Gasteiger charge is 2.26. The van der Waals surface area contributed by atoms with Gasteiger partial charge in [0.05, 0.1) is 24.9 Å². The van der Waals surface area contributed by atoms with Crippen molar-refractivity contribution in [2.45, 2.75) is 19.9 Å². The van der Waals surface area contributed by atoms with E-state index in [0.29, 0.717) is 41.5 Å². The molecule has 3 heterocycles. The van der Waals surface area contributed by atoms with Crippen molar-refractivity contribution in [1.82, 2.24) is 15.0 Å². The number of benzene rings is 1. The lowest BCUT2D eigenvalue weighted by molar-refractivity contribution is 0.0599. The summed E-state index contributed by atoms with van der Waals surface area (Å²) in [6.07, 6.45) is 0.594. The number of esters is 1. The minimum atomic E-state index is -0.448. The number of rotatable bonds is 4. The van der Waals surface area contributed by atoms with E-state index in [-0.39, 0.29) is 11.6 Å². The summed E-state index contributed by atoms with van der Waals surface area (Å²) in [6.45, 7) is 2.63. The number of aromatic nitrogens is 2. The number of carbonyl (C=O) groups excluding carboxylic acids is 3. The van der Waals surface area contributed by atoms with Gasteiger partial charge in [0.1, 0.15) is 5.76 Å². The third-order valence-electron chi connectivity index (χ3n) is 4.65. The summed E-state index contributed by atoms with van der Waals surface area (Å²) in [6, 6.07) is 7.92. The molecule has 0 unspecified atom stereocenters. The van der Waals surface area contributed by atoms with E-state index >= 15 is 0 Å². The number of methoxy groups -OCH3 is 1. The number of aryl methyl sites for hydroxylation is 1. The highest BCUT2D eigenvalue weighted by molar-refractivity contribution is 7.15. The third-order valence-corrected chi connectivity index (χ3v) is 5.65. The van der Waals surface area contributed by atoms with Crippen molar-refractivity contribution in [3.63, 3.8) is 0 Å². The molecule has 0 bridgehead atoms. The van der Waals surface area contributed by atoms with Gasteiger partial charge in [0.15, 0.2) is 10.8 Å². The van der Waals surface area contributed by atoms with Gasteiger partial charge in [0.2, 0.25) is 0 Å². The fraction of sp³-hybridized carbons (Fsp3) is 0.250. The Balaban J connectivity index is 1.44. The van der Waals surface area contributed by atoms with Crippen molar-refractivity contribution in [3.05, 3.63) is 63.5 Å². The van der Waals surface area contributed by atoms with Crippen LogP contribution >= 0.6 is 11.3 Å². The molecule has 2 aromatic heterocycles. The summed E-state index contributed by atoms with van der Waals surface area (Å²) in [5.74, 6) is -0.422. The van der Waals surface area contributed by atoms with Gasteiger partial charge < -0.3 is 14.2 Å². The van der Waals surface area contributed by atoms with Crippen LogP contribution in [-0.2, 0) is 17.7 Å². The van der Waals surface area contributed by atoms with E-state index in [9.17, 15) is 14.4 Å². The Kier molecular flexibility index (Phi) is 5.32. The van der Waals surface area contributed by atoms with Crippen LogP contribution in [0.2, 0.25) is 0 Å². The first-order valence-electron chi connectivity index (χ1n) is 9.15. The smallest absolute Gasteiger partial charge is 0.337 e. The second-order valence-electron chi connectivity index (χ2n) is 6.71. The van der Waals surface area contributed by atoms with Gasteiger partial charge in [-0.2, -0.15) is 0 Å². The van der Waals surface area contributed by atoms with Crippen molar-refractivity contribution >= 4 is 34.3 Å². The van der Waals surface area contributed by atoms with Gasteiger partial charge in [0, 0.05) is 29.5 Å². The molecule has 0 aliphatic carbocycles. The number of anilines is 1. The monoisotopic (exact) mass is 426 g/mol. The number of hydrogen-bond donors (Lipinski definition) is 1. The van der Waals surface area contributed by atoms with E-state index in [0.717, 1.165) is 10.6 Å². The van der Waals surface area contributed by atoms with Crippen LogP contribution in [-0.4, -0.2) is 46.5 Å². The van der Waals surface area contributed by atoms with Crippen LogP contribution in [0.3, 0.4) is 0 Å². The Morgan fingerprint density at radius 3 is 2.60 bits per heavy atom. The molecule has 9 nitrogen and oxygen atoms in total. The van der Waals surface area contributed by atoms with Crippen LogP contribution in [0.1, 0.15) is 47.5 Å². The maximum Gasteiger partial charge on any atom is 0.337 e. The summed E-state index contributed by atoms with van der Waals surface area (Å²) in [5.41, 5.74) is 1.94. The Morgan fingerprint density at radius 1 is 1.20 bits per heavy atom. The molecule has 0 fully saturated rings. The zero-order valence-electron chi connectivity index (χ0n) is 16.3. The molecule has 3 aromatic rings. The molecule has 4 rings (SSSR count). The molecule has 1 aliphatic rings. The van der Waals surface area contributed by atoms with Crippen molar-refractivity contribution in [3.8, 4) is 0 Å². The van der Waals surface area contributed by atoms with E-state index in [1.807, 2.05) is 0 Å². The van der Waals surface area contributed by atoms with Crippen molar-refractivity contribution in [2.24, 2.45) is 0 Å². The summed E-state index contributed by atoms with van der Waals surface area (Å²) < 4.78 is 9.59. The average Bonchev–Trinajstić information content (AvgIpc) is 3.37. The predicted molar refractivity (Wildman–Crippen MR) is 108 cm³/mol. The zero-order chi connectivity index (χ0) is 21.3. The maximum atomic E-state index is 12.8. The second kappa shape index (κ2) is 8.07. The molecule has 0 saturated carbocycles.